The summed E-state index contributed by atoms with van der Waals surface area (Å²) in [5, 5.41) is 8.04. The molecule has 102 valence electrons. The van der Waals surface area contributed by atoms with Gasteiger partial charge in [0.1, 0.15) is 11.5 Å². The second-order valence-electron chi connectivity index (χ2n) is 4.29. The van der Waals surface area contributed by atoms with Crippen LogP contribution in [0.1, 0.15) is 18.1 Å². The summed E-state index contributed by atoms with van der Waals surface area (Å²) >= 11 is 0. The van der Waals surface area contributed by atoms with Crippen molar-refractivity contribution in [2.24, 2.45) is 0 Å². The predicted octanol–water partition coefficient (Wildman–Crippen LogP) is 3.32. The van der Waals surface area contributed by atoms with Gasteiger partial charge in [-0.2, -0.15) is 0 Å². The topological polar surface area (TPSA) is 59.4 Å². The molecule has 4 nitrogen and oxygen atoms in total. The maximum Gasteiger partial charge on any atom is 0.308 e. The second kappa shape index (κ2) is 6.02. The number of hydrogen-bond donors (Lipinski definition) is 1. The van der Waals surface area contributed by atoms with Crippen molar-refractivity contribution < 1.29 is 14.3 Å². The zero-order valence-corrected chi connectivity index (χ0v) is 11.3. The van der Waals surface area contributed by atoms with E-state index >= 15 is 0 Å². The number of esters is 1. The molecule has 0 aromatic heterocycles. The van der Waals surface area contributed by atoms with Crippen LogP contribution in [0, 0.1) is 12.3 Å². The summed E-state index contributed by atoms with van der Waals surface area (Å²) in [6.45, 7) is 3.23. The third-order valence-corrected chi connectivity index (χ3v) is 2.69. The summed E-state index contributed by atoms with van der Waals surface area (Å²) in [6.07, 6.45) is 0. The maximum absolute atomic E-state index is 11.1. The van der Waals surface area contributed by atoms with Gasteiger partial charge in [-0.3, -0.25) is 10.2 Å². The van der Waals surface area contributed by atoms with Crippen LogP contribution < -0.4 is 9.47 Å². The average Bonchev–Trinajstić information content (AvgIpc) is 2.41. The molecule has 0 saturated carbocycles. The Morgan fingerprint density at radius 3 is 2.20 bits per heavy atom. The van der Waals surface area contributed by atoms with Crippen LogP contribution in [0.2, 0.25) is 0 Å². The van der Waals surface area contributed by atoms with E-state index in [0.717, 1.165) is 5.56 Å². The van der Waals surface area contributed by atoms with Crippen LogP contribution in [0.15, 0.2) is 48.5 Å². The minimum absolute atomic E-state index is 0.0591. The highest BCUT2D eigenvalue weighted by atomic mass is 16.5. The van der Waals surface area contributed by atoms with Crippen molar-refractivity contribution in [3.63, 3.8) is 0 Å². The monoisotopic (exact) mass is 269 g/mol. The zero-order valence-electron chi connectivity index (χ0n) is 11.3. The lowest BCUT2D eigenvalue weighted by atomic mass is 10.2. The van der Waals surface area contributed by atoms with E-state index in [1.165, 1.54) is 6.92 Å². The standard InChI is InChI=1S/C16H15NO3/c1-11-7-3-5-9-14(11)20-16(17)13-8-4-6-10-15(13)19-12(2)18/h3-10,17H,1-2H3. The van der Waals surface area contributed by atoms with Gasteiger partial charge < -0.3 is 9.47 Å². The van der Waals surface area contributed by atoms with Crippen molar-refractivity contribution in [3.05, 3.63) is 59.7 Å². The first kappa shape index (κ1) is 13.8. The lowest BCUT2D eigenvalue weighted by Gasteiger charge is -2.12. The van der Waals surface area contributed by atoms with Crippen molar-refractivity contribution in [2.75, 3.05) is 0 Å². The Hall–Kier alpha value is -2.62. The molecule has 2 aromatic rings. The number of ether oxygens (including phenoxy) is 2. The predicted molar refractivity (Wildman–Crippen MR) is 76.4 cm³/mol. The third-order valence-electron chi connectivity index (χ3n) is 2.69. The van der Waals surface area contributed by atoms with E-state index in [2.05, 4.69) is 0 Å². The normalized spacial score (nSPS) is 9.90. The van der Waals surface area contributed by atoms with Gasteiger partial charge in [-0.1, -0.05) is 30.3 Å². The van der Waals surface area contributed by atoms with E-state index < -0.39 is 5.97 Å². The summed E-state index contributed by atoms with van der Waals surface area (Å²) in [5.74, 6) is 0.436. The van der Waals surface area contributed by atoms with E-state index in [-0.39, 0.29) is 5.90 Å². The van der Waals surface area contributed by atoms with E-state index in [1.807, 2.05) is 25.1 Å². The summed E-state index contributed by atoms with van der Waals surface area (Å²) in [4.78, 5) is 11.1. The lowest BCUT2D eigenvalue weighted by molar-refractivity contribution is -0.131. The molecule has 1 N–H and O–H groups in total. The van der Waals surface area contributed by atoms with Gasteiger partial charge in [0.05, 0.1) is 5.56 Å². The molecule has 0 bridgehead atoms. The molecule has 0 saturated heterocycles. The van der Waals surface area contributed by atoms with Crippen LogP contribution in [0.4, 0.5) is 0 Å². The molecular formula is C16H15NO3. The Bertz CT molecular complexity index is 650. The fourth-order valence-corrected chi connectivity index (χ4v) is 1.73. The Kier molecular flexibility index (Phi) is 4.15. The Morgan fingerprint density at radius 1 is 0.950 bits per heavy atom. The molecule has 0 heterocycles. The minimum atomic E-state index is -0.429. The first-order chi connectivity index (χ1) is 9.58. The summed E-state index contributed by atoms with van der Waals surface area (Å²) in [5.41, 5.74) is 1.37. The molecule has 0 aliphatic carbocycles. The van der Waals surface area contributed by atoms with E-state index in [0.29, 0.717) is 17.1 Å². The van der Waals surface area contributed by atoms with Crippen LogP contribution >= 0.6 is 0 Å². The van der Waals surface area contributed by atoms with Gasteiger partial charge in [-0.25, -0.2) is 0 Å². The molecular weight excluding hydrogens is 254 g/mol. The van der Waals surface area contributed by atoms with Crippen LogP contribution in [-0.4, -0.2) is 11.9 Å². The molecule has 0 spiro atoms. The van der Waals surface area contributed by atoms with Crippen LogP contribution in [0.3, 0.4) is 0 Å². The first-order valence-electron chi connectivity index (χ1n) is 6.18. The van der Waals surface area contributed by atoms with Gasteiger partial charge in [0.25, 0.3) is 0 Å². The van der Waals surface area contributed by atoms with E-state index in [9.17, 15) is 4.79 Å². The van der Waals surface area contributed by atoms with Crippen molar-refractivity contribution in [2.45, 2.75) is 13.8 Å². The molecule has 0 radical (unpaired) electrons. The highest BCUT2D eigenvalue weighted by molar-refractivity contribution is 5.96. The molecule has 0 unspecified atom stereocenters. The molecule has 20 heavy (non-hydrogen) atoms. The molecule has 0 amide bonds. The van der Waals surface area contributed by atoms with Crippen molar-refractivity contribution in [1.29, 1.82) is 5.41 Å². The maximum atomic E-state index is 11.1. The number of hydrogen-bond acceptors (Lipinski definition) is 4. The van der Waals surface area contributed by atoms with Crippen molar-refractivity contribution in [3.8, 4) is 11.5 Å². The molecule has 0 fully saturated rings. The highest BCUT2D eigenvalue weighted by Gasteiger charge is 2.13. The number of carbonyl (C=O) groups is 1. The van der Waals surface area contributed by atoms with Crippen LogP contribution in [0.5, 0.6) is 11.5 Å². The van der Waals surface area contributed by atoms with Crippen LogP contribution in [0.25, 0.3) is 0 Å². The number of aryl methyl sites for hydroxylation is 1. The zero-order chi connectivity index (χ0) is 14.5. The van der Waals surface area contributed by atoms with E-state index in [1.54, 1.807) is 30.3 Å². The number of nitrogens with one attached hydrogen (secondary N) is 1. The van der Waals surface area contributed by atoms with Gasteiger partial charge in [-0.15, -0.1) is 0 Å². The number of para-hydroxylation sites is 2. The van der Waals surface area contributed by atoms with Gasteiger partial charge in [-0.05, 0) is 30.7 Å². The number of benzene rings is 2. The van der Waals surface area contributed by atoms with Crippen molar-refractivity contribution in [1.82, 2.24) is 0 Å². The van der Waals surface area contributed by atoms with Gasteiger partial charge in [0.2, 0.25) is 5.90 Å². The summed E-state index contributed by atoms with van der Waals surface area (Å²) in [7, 11) is 0. The molecule has 0 atom stereocenters. The average molecular weight is 269 g/mol. The third kappa shape index (κ3) is 3.23. The minimum Gasteiger partial charge on any atom is -0.439 e. The fourth-order valence-electron chi connectivity index (χ4n) is 1.73. The molecule has 2 aromatic carbocycles. The van der Waals surface area contributed by atoms with Crippen LogP contribution in [-0.2, 0) is 4.79 Å². The Balaban J connectivity index is 2.26. The van der Waals surface area contributed by atoms with Gasteiger partial charge in [0, 0.05) is 6.92 Å². The molecule has 2 rings (SSSR count). The summed E-state index contributed by atoms with van der Waals surface area (Å²) in [6, 6.07) is 14.2. The summed E-state index contributed by atoms with van der Waals surface area (Å²) < 4.78 is 10.6. The van der Waals surface area contributed by atoms with Gasteiger partial charge >= 0.3 is 5.97 Å². The molecule has 0 aliphatic heterocycles. The Morgan fingerprint density at radius 2 is 1.55 bits per heavy atom. The Labute approximate surface area is 117 Å². The fraction of sp³-hybridized carbons (Fsp3) is 0.125. The number of carbonyl (C=O) groups excluding carboxylic acids is 1. The van der Waals surface area contributed by atoms with Gasteiger partial charge in [0.15, 0.2) is 0 Å². The molecule has 4 heteroatoms. The van der Waals surface area contributed by atoms with Crippen molar-refractivity contribution >= 4 is 11.9 Å². The second-order valence-corrected chi connectivity index (χ2v) is 4.29. The highest BCUT2D eigenvalue weighted by Crippen LogP contribution is 2.22. The van der Waals surface area contributed by atoms with E-state index in [4.69, 9.17) is 14.9 Å². The molecule has 0 aliphatic rings. The number of rotatable bonds is 3. The smallest absolute Gasteiger partial charge is 0.308 e. The first-order valence-corrected chi connectivity index (χ1v) is 6.18. The lowest BCUT2D eigenvalue weighted by Crippen LogP contribution is -2.13. The quantitative estimate of drug-likeness (QED) is 0.402. The SMILES string of the molecule is CC(=O)Oc1ccccc1C(=N)Oc1ccccc1C. The largest absolute Gasteiger partial charge is 0.439 e.